The Kier molecular flexibility index (Phi) is 4.95. The number of aliphatic carboxylic acids is 1. The molecule has 0 atom stereocenters. The van der Waals surface area contributed by atoms with Crippen molar-refractivity contribution >= 4 is 11.9 Å². The Morgan fingerprint density at radius 3 is 2.42 bits per heavy atom. The minimum Gasteiger partial charge on any atom is -0.479 e. The molecule has 1 amide bonds. The maximum atomic E-state index is 12.9. The van der Waals surface area contributed by atoms with Crippen molar-refractivity contribution in [3.8, 4) is 11.5 Å². The summed E-state index contributed by atoms with van der Waals surface area (Å²) in [5.74, 6) is -0.389. The fourth-order valence-electron chi connectivity index (χ4n) is 3.00. The predicted octanol–water partition coefficient (Wildman–Crippen LogP) is 2.84. The number of likely N-dealkylation sites (tertiary alicyclic amines) is 1. The Morgan fingerprint density at radius 1 is 1.08 bits per heavy atom. The summed E-state index contributed by atoms with van der Waals surface area (Å²) in [6.45, 7) is 2.32. The van der Waals surface area contributed by atoms with Crippen molar-refractivity contribution in [3.63, 3.8) is 0 Å². The SMILES string of the molecule is Cc1cccc(Oc2ccccc2C(=O)N2CCC(O)(C(=O)O)CC2)c1. The van der Waals surface area contributed by atoms with Crippen LogP contribution in [0.4, 0.5) is 0 Å². The van der Waals surface area contributed by atoms with Gasteiger partial charge in [0, 0.05) is 25.9 Å². The fourth-order valence-corrected chi connectivity index (χ4v) is 3.00. The summed E-state index contributed by atoms with van der Waals surface area (Å²) in [6.07, 6.45) is 0.0178. The topological polar surface area (TPSA) is 87.1 Å². The van der Waals surface area contributed by atoms with E-state index in [4.69, 9.17) is 9.84 Å². The number of piperidine rings is 1. The number of aliphatic hydroxyl groups is 1. The molecular formula is C20H21NO5. The Hall–Kier alpha value is -2.86. The smallest absolute Gasteiger partial charge is 0.335 e. The van der Waals surface area contributed by atoms with Crippen LogP contribution in [0, 0.1) is 6.92 Å². The lowest BCUT2D eigenvalue weighted by Gasteiger charge is -2.35. The molecule has 3 rings (SSSR count). The lowest BCUT2D eigenvalue weighted by atomic mass is 9.91. The number of para-hydroxylation sites is 1. The van der Waals surface area contributed by atoms with Gasteiger partial charge in [0.1, 0.15) is 11.5 Å². The molecule has 0 unspecified atom stereocenters. The van der Waals surface area contributed by atoms with Gasteiger partial charge in [-0.2, -0.15) is 0 Å². The Bertz CT molecular complexity index is 824. The van der Waals surface area contributed by atoms with Gasteiger partial charge >= 0.3 is 5.97 Å². The first-order chi connectivity index (χ1) is 12.4. The van der Waals surface area contributed by atoms with Gasteiger partial charge in [0.2, 0.25) is 0 Å². The van der Waals surface area contributed by atoms with Gasteiger partial charge in [0.15, 0.2) is 5.60 Å². The largest absolute Gasteiger partial charge is 0.479 e. The number of rotatable bonds is 4. The zero-order valence-electron chi connectivity index (χ0n) is 14.5. The number of carbonyl (C=O) groups excluding carboxylic acids is 1. The number of nitrogens with zero attached hydrogens (tertiary/aromatic N) is 1. The van der Waals surface area contributed by atoms with E-state index < -0.39 is 11.6 Å². The molecule has 1 heterocycles. The van der Waals surface area contributed by atoms with Gasteiger partial charge in [-0.15, -0.1) is 0 Å². The molecule has 0 radical (unpaired) electrons. The monoisotopic (exact) mass is 355 g/mol. The summed E-state index contributed by atoms with van der Waals surface area (Å²) in [5.41, 5.74) is -0.293. The van der Waals surface area contributed by atoms with Gasteiger partial charge in [-0.3, -0.25) is 4.79 Å². The maximum absolute atomic E-state index is 12.9. The number of carbonyl (C=O) groups is 2. The third-order valence-electron chi connectivity index (χ3n) is 4.61. The molecule has 6 nitrogen and oxygen atoms in total. The number of benzene rings is 2. The van der Waals surface area contributed by atoms with Crippen molar-refractivity contribution in [1.82, 2.24) is 4.90 Å². The summed E-state index contributed by atoms with van der Waals surface area (Å²) in [5, 5.41) is 19.1. The van der Waals surface area contributed by atoms with E-state index in [1.807, 2.05) is 31.2 Å². The summed E-state index contributed by atoms with van der Waals surface area (Å²) in [4.78, 5) is 25.6. The highest BCUT2D eigenvalue weighted by Crippen LogP contribution is 2.29. The van der Waals surface area contributed by atoms with E-state index in [0.717, 1.165) is 5.56 Å². The van der Waals surface area contributed by atoms with Crippen LogP contribution in [-0.4, -0.2) is 45.7 Å². The number of carboxylic acids is 1. The Labute approximate surface area is 151 Å². The summed E-state index contributed by atoms with van der Waals surface area (Å²) in [7, 11) is 0. The number of hydrogen-bond acceptors (Lipinski definition) is 4. The van der Waals surface area contributed by atoms with E-state index in [9.17, 15) is 14.7 Å². The second-order valence-electron chi connectivity index (χ2n) is 6.54. The van der Waals surface area contributed by atoms with E-state index in [-0.39, 0.29) is 31.8 Å². The van der Waals surface area contributed by atoms with Crippen LogP contribution in [0.25, 0.3) is 0 Å². The molecule has 2 aromatic carbocycles. The highest BCUT2D eigenvalue weighted by Gasteiger charge is 2.40. The molecule has 0 aromatic heterocycles. The van der Waals surface area contributed by atoms with Crippen LogP contribution in [0.5, 0.6) is 11.5 Å². The number of aryl methyl sites for hydroxylation is 1. The van der Waals surface area contributed by atoms with E-state index in [0.29, 0.717) is 17.1 Å². The number of ether oxygens (including phenoxy) is 1. The van der Waals surface area contributed by atoms with Crippen LogP contribution >= 0.6 is 0 Å². The zero-order valence-corrected chi connectivity index (χ0v) is 14.5. The molecule has 136 valence electrons. The van der Waals surface area contributed by atoms with Crippen molar-refractivity contribution < 1.29 is 24.5 Å². The molecule has 2 N–H and O–H groups in total. The molecule has 1 aliphatic heterocycles. The molecule has 0 aliphatic carbocycles. The first-order valence-corrected chi connectivity index (χ1v) is 8.48. The van der Waals surface area contributed by atoms with Crippen LogP contribution in [0.3, 0.4) is 0 Å². The first kappa shape index (κ1) is 17.9. The van der Waals surface area contributed by atoms with Crippen molar-refractivity contribution in [3.05, 3.63) is 59.7 Å². The minimum atomic E-state index is -1.76. The average Bonchev–Trinajstić information content (AvgIpc) is 2.62. The molecule has 0 saturated carbocycles. The second-order valence-corrected chi connectivity index (χ2v) is 6.54. The molecule has 2 aromatic rings. The molecular weight excluding hydrogens is 334 g/mol. The third kappa shape index (κ3) is 3.70. The van der Waals surface area contributed by atoms with E-state index in [1.165, 1.54) is 0 Å². The Morgan fingerprint density at radius 2 is 1.77 bits per heavy atom. The summed E-state index contributed by atoms with van der Waals surface area (Å²) >= 11 is 0. The quantitative estimate of drug-likeness (QED) is 0.881. The number of hydrogen-bond donors (Lipinski definition) is 2. The molecule has 1 fully saturated rings. The van der Waals surface area contributed by atoms with Gasteiger partial charge in [-0.1, -0.05) is 24.3 Å². The number of amides is 1. The molecule has 6 heteroatoms. The minimum absolute atomic E-state index is 0.00891. The molecule has 26 heavy (non-hydrogen) atoms. The molecule has 0 spiro atoms. The van der Waals surface area contributed by atoms with Crippen molar-refractivity contribution in [1.29, 1.82) is 0 Å². The predicted molar refractivity (Wildman–Crippen MR) is 95.4 cm³/mol. The normalized spacial score (nSPS) is 16.2. The van der Waals surface area contributed by atoms with Gasteiger partial charge < -0.3 is 19.8 Å². The zero-order chi connectivity index (χ0) is 18.7. The van der Waals surface area contributed by atoms with Gasteiger partial charge in [0.25, 0.3) is 5.91 Å². The van der Waals surface area contributed by atoms with Crippen molar-refractivity contribution in [2.24, 2.45) is 0 Å². The molecule has 1 saturated heterocycles. The summed E-state index contributed by atoms with van der Waals surface area (Å²) < 4.78 is 5.89. The van der Waals surface area contributed by atoms with Crippen LogP contribution in [0.1, 0.15) is 28.8 Å². The van der Waals surface area contributed by atoms with Crippen LogP contribution < -0.4 is 4.74 Å². The fraction of sp³-hybridized carbons (Fsp3) is 0.300. The van der Waals surface area contributed by atoms with E-state index in [1.54, 1.807) is 29.2 Å². The lowest BCUT2D eigenvalue weighted by molar-refractivity contribution is -0.162. The average molecular weight is 355 g/mol. The van der Waals surface area contributed by atoms with Gasteiger partial charge in [-0.25, -0.2) is 4.79 Å². The Balaban J connectivity index is 1.77. The maximum Gasteiger partial charge on any atom is 0.335 e. The van der Waals surface area contributed by atoms with Crippen molar-refractivity contribution in [2.45, 2.75) is 25.4 Å². The summed E-state index contributed by atoms with van der Waals surface area (Å²) in [6, 6.07) is 14.5. The third-order valence-corrected chi connectivity index (χ3v) is 4.61. The highest BCUT2D eigenvalue weighted by atomic mass is 16.5. The van der Waals surface area contributed by atoms with Crippen LogP contribution in [0.15, 0.2) is 48.5 Å². The van der Waals surface area contributed by atoms with Crippen LogP contribution in [-0.2, 0) is 4.79 Å². The van der Waals surface area contributed by atoms with E-state index >= 15 is 0 Å². The molecule has 0 bridgehead atoms. The second kappa shape index (κ2) is 7.17. The number of carboxylic acid groups (broad SMARTS) is 1. The van der Waals surface area contributed by atoms with E-state index in [2.05, 4.69) is 0 Å². The molecule has 1 aliphatic rings. The van der Waals surface area contributed by atoms with Crippen molar-refractivity contribution in [2.75, 3.05) is 13.1 Å². The first-order valence-electron chi connectivity index (χ1n) is 8.48. The standard InChI is InChI=1S/C20H21NO5/c1-14-5-4-6-15(13-14)26-17-8-3-2-7-16(17)18(22)21-11-9-20(25,10-12-21)19(23)24/h2-8,13,25H,9-12H2,1H3,(H,23,24). The van der Waals surface area contributed by atoms with Crippen LogP contribution in [0.2, 0.25) is 0 Å². The highest BCUT2D eigenvalue weighted by molar-refractivity contribution is 5.97. The lowest BCUT2D eigenvalue weighted by Crippen LogP contribution is -2.50. The van der Waals surface area contributed by atoms with Gasteiger partial charge in [-0.05, 0) is 36.8 Å². The van der Waals surface area contributed by atoms with Gasteiger partial charge in [0.05, 0.1) is 5.56 Å².